The zero-order chi connectivity index (χ0) is 9.30. The van der Waals surface area contributed by atoms with Crippen LogP contribution in [0.2, 0.25) is 0 Å². The number of halogens is 2. The Kier molecular flexibility index (Phi) is 2.51. The van der Waals surface area contributed by atoms with Crippen LogP contribution in [0.4, 0.5) is 10.1 Å². The number of hydrogen-bond donors (Lipinski definition) is 2. The highest BCUT2D eigenvalue weighted by Gasteiger charge is 2.13. The third kappa shape index (κ3) is 1.66. The molecule has 0 aliphatic carbocycles. The number of nitrogens with two attached hydrogens (primary N) is 1. The molecule has 0 radical (unpaired) electrons. The van der Waals surface area contributed by atoms with Crippen molar-refractivity contribution in [2.75, 3.05) is 5.73 Å². The van der Waals surface area contributed by atoms with Crippen molar-refractivity contribution in [3.63, 3.8) is 0 Å². The number of carboxylic acid groups (broad SMARTS) is 1. The molecule has 0 heterocycles. The number of benzene rings is 1. The molecule has 0 saturated heterocycles. The fourth-order valence-corrected chi connectivity index (χ4v) is 1.66. The minimum atomic E-state index is -1.14. The van der Waals surface area contributed by atoms with Crippen LogP contribution >= 0.6 is 22.6 Å². The average molecular weight is 281 g/mol. The number of aromatic carboxylic acids is 1. The van der Waals surface area contributed by atoms with E-state index in [1.165, 1.54) is 0 Å². The number of anilines is 1. The summed E-state index contributed by atoms with van der Waals surface area (Å²) in [4.78, 5) is 10.5. The zero-order valence-corrected chi connectivity index (χ0v) is 8.00. The molecule has 0 saturated carbocycles. The predicted octanol–water partition coefficient (Wildman–Crippen LogP) is 1.71. The van der Waals surface area contributed by atoms with Crippen LogP contribution in [0.25, 0.3) is 0 Å². The van der Waals surface area contributed by atoms with Crippen LogP contribution < -0.4 is 5.73 Å². The lowest BCUT2D eigenvalue weighted by atomic mass is 10.2. The summed E-state index contributed by atoms with van der Waals surface area (Å²) in [6.45, 7) is 0. The molecule has 0 aliphatic rings. The molecule has 1 aromatic rings. The molecule has 0 aliphatic heterocycles. The maximum atomic E-state index is 12.6. The van der Waals surface area contributed by atoms with E-state index in [4.69, 9.17) is 10.8 Å². The van der Waals surface area contributed by atoms with Crippen molar-refractivity contribution in [1.82, 2.24) is 0 Å². The Bertz CT molecular complexity index is 317. The average Bonchev–Trinajstić information content (AvgIpc) is 1.82. The third-order valence-electron chi connectivity index (χ3n) is 1.30. The molecule has 3 nitrogen and oxygen atoms in total. The van der Waals surface area contributed by atoms with Gasteiger partial charge < -0.3 is 10.8 Å². The van der Waals surface area contributed by atoms with Crippen LogP contribution in [0, 0.1) is 9.39 Å². The van der Waals surface area contributed by atoms with Crippen molar-refractivity contribution in [3.8, 4) is 0 Å². The van der Waals surface area contributed by atoms with E-state index in [0.29, 0.717) is 3.57 Å². The third-order valence-corrected chi connectivity index (χ3v) is 2.15. The molecule has 0 fully saturated rings. The zero-order valence-electron chi connectivity index (χ0n) is 5.84. The molecule has 0 unspecified atom stereocenters. The summed E-state index contributed by atoms with van der Waals surface area (Å²) in [5, 5.41) is 8.63. The standard InChI is InChI=1S/C7H5FINO2/c8-3-1-4(9)6(7(11)12)5(10)2-3/h1-2H,10H2,(H,11,12). The number of rotatable bonds is 1. The molecule has 12 heavy (non-hydrogen) atoms. The molecule has 1 rings (SSSR count). The second kappa shape index (κ2) is 3.26. The van der Waals surface area contributed by atoms with E-state index < -0.39 is 11.8 Å². The van der Waals surface area contributed by atoms with Crippen molar-refractivity contribution in [2.45, 2.75) is 0 Å². The topological polar surface area (TPSA) is 63.3 Å². The Morgan fingerprint density at radius 1 is 1.58 bits per heavy atom. The van der Waals surface area contributed by atoms with Gasteiger partial charge in [-0.05, 0) is 34.7 Å². The molecule has 0 bridgehead atoms. The van der Waals surface area contributed by atoms with Gasteiger partial charge in [0.2, 0.25) is 0 Å². The van der Waals surface area contributed by atoms with Gasteiger partial charge in [0.15, 0.2) is 0 Å². The van der Waals surface area contributed by atoms with Crippen molar-refractivity contribution in [3.05, 3.63) is 27.1 Å². The van der Waals surface area contributed by atoms with Crippen molar-refractivity contribution >= 4 is 34.2 Å². The van der Waals surface area contributed by atoms with Gasteiger partial charge in [-0.1, -0.05) is 0 Å². The predicted molar refractivity (Wildman–Crippen MR) is 50.5 cm³/mol. The van der Waals surface area contributed by atoms with Gasteiger partial charge in [-0.25, -0.2) is 9.18 Å². The molecule has 5 heteroatoms. The Labute approximate surface area is 81.5 Å². The molecule has 0 spiro atoms. The van der Waals surface area contributed by atoms with Gasteiger partial charge in [-0.2, -0.15) is 0 Å². The quantitative estimate of drug-likeness (QED) is 0.608. The molecule has 3 N–H and O–H groups in total. The summed E-state index contributed by atoms with van der Waals surface area (Å²) in [6.07, 6.45) is 0. The van der Waals surface area contributed by atoms with Crippen molar-refractivity contribution in [2.24, 2.45) is 0 Å². The minimum Gasteiger partial charge on any atom is -0.478 e. The van der Waals surface area contributed by atoms with Crippen LogP contribution in [-0.2, 0) is 0 Å². The second-order valence-corrected chi connectivity index (χ2v) is 3.32. The first-order valence-electron chi connectivity index (χ1n) is 3.00. The summed E-state index contributed by atoms with van der Waals surface area (Å²) in [5.74, 6) is -1.67. The maximum Gasteiger partial charge on any atom is 0.338 e. The number of nitrogen functional groups attached to an aromatic ring is 1. The highest BCUT2D eigenvalue weighted by atomic mass is 127. The van der Waals surface area contributed by atoms with Gasteiger partial charge in [-0.3, -0.25) is 0 Å². The summed E-state index contributed by atoms with van der Waals surface area (Å²) < 4.78 is 12.9. The Balaban J connectivity index is 3.38. The monoisotopic (exact) mass is 281 g/mol. The van der Waals surface area contributed by atoms with E-state index in [2.05, 4.69) is 0 Å². The number of carboxylic acids is 1. The Morgan fingerprint density at radius 2 is 2.17 bits per heavy atom. The first kappa shape index (κ1) is 9.24. The minimum absolute atomic E-state index is 0.0444. The van der Waals surface area contributed by atoms with Gasteiger partial charge in [0.25, 0.3) is 0 Å². The molecule has 1 aromatic carbocycles. The molecule has 64 valence electrons. The second-order valence-electron chi connectivity index (χ2n) is 2.16. The van der Waals surface area contributed by atoms with Crippen LogP contribution in [0.5, 0.6) is 0 Å². The largest absolute Gasteiger partial charge is 0.478 e. The van der Waals surface area contributed by atoms with Crippen LogP contribution in [0.15, 0.2) is 12.1 Å². The summed E-state index contributed by atoms with van der Waals surface area (Å²) >= 11 is 1.73. The highest BCUT2D eigenvalue weighted by molar-refractivity contribution is 14.1. The maximum absolute atomic E-state index is 12.6. The summed E-state index contributed by atoms with van der Waals surface area (Å²) in [5.41, 5.74) is 5.20. The molecule has 0 atom stereocenters. The van der Waals surface area contributed by atoms with E-state index in [1.54, 1.807) is 22.6 Å². The summed E-state index contributed by atoms with van der Waals surface area (Å²) in [7, 11) is 0. The first-order valence-corrected chi connectivity index (χ1v) is 4.08. The normalized spacial score (nSPS) is 9.83. The van der Waals surface area contributed by atoms with E-state index >= 15 is 0 Å². The lowest BCUT2D eigenvalue weighted by molar-refractivity contribution is 0.0697. The van der Waals surface area contributed by atoms with Crippen LogP contribution in [0.3, 0.4) is 0 Å². The van der Waals surface area contributed by atoms with Gasteiger partial charge in [0.05, 0.1) is 11.3 Å². The number of hydrogen-bond acceptors (Lipinski definition) is 2. The van der Waals surface area contributed by atoms with E-state index in [-0.39, 0.29) is 11.3 Å². The smallest absolute Gasteiger partial charge is 0.338 e. The van der Waals surface area contributed by atoms with Gasteiger partial charge in [0.1, 0.15) is 5.82 Å². The van der Waals surface area contributed by atoms with Crippen LogP contribution in [0.1, 0.15) is 10.4 Å². The highest BCUT2D eigenvalue weighted by Crippen LogP contribution is 2.20. The van der Waals surface area contributed by atoms with E-state index in [1.807, 2.05) is 0 Å². The molecule has 0 amide bonds. The summed E-state index contributed by atoms with van der Waals surface area (Å²) in [6, 6.07) is 2.12. The fraction of sp³-hybridized carbons (Fsp3) is 0. The van der Waals surface area contributed by atoms with Gasteiger partial charge >= 0.3 is 5.97 Å². The fourth-order valence-electron chi connectivity index (χ4n) is 0.819. The Hall–Kier alpha value is -0.850. The lowest BCUT2D eigenvalue weighted by Gasteiger charge is -2.02. The molecular formula is C7H5FINO2. The first-order chi connectivity index (χ1) is 5.52. The van der Waals surface area contributed by atoms with Crippen molar-refractivity contribution in [1.29, 1.82) is 0 Å². The van der Waals surface area contributed by atoms with Gasteiger partial charge in [-0.15, -0.1) is 0 Å². The molecule has 0 aromatic heterocycles. The lowest BCUT2D eigenvalue weighted by Crippen LogP contribution is -2.05. The van der Waals surface area contributed by atoms with E-state index in [0.717, 1.165) is 12.1 Å². The van der Waals surface area contributed by atoms with Crippen molar-refractivity contribution < 1.29 is 14.3 Å². The number of carbonyl (C=O) groups is 1. The molecular weight excluding hydrogens is 276 g/mol. The SMILES string of the molecule is Nc1cc(F)cc(I)c1C(=O)O. The Morgan fingerprint density at radius 3 is 2.58 bits per heavy atom. The van der Waals surface area contributed by atoms with E-state index in [9.17, 15) is 9.18 Å². The van der Waals surface area contributed by atoms with Gasteiger partial charge in [0, 0.05) is 3.57 Å². The van der Waals surface area contributed by atoms with Crippen LogP contribution in [-0.4, -0.2) is 11.1 Å².